The molecule has 0 aliphatic heterocycles. The topological polar surface area (TPSA) is 51.2 Å². The third-order valence-corrected chi connectivity index (χ3v) is 6.60. The third-order valence-electron chi connectivity index (χ3n) is 5.13. The summed E-state index contributed by atoms with van der Waals surface area (Å²) in [4.78, 5) is 12.3. The Bertz CT molecular complexity index is 659. The molecule has 2 atom stereocenters. The van der Waals surface area contributed by atoms with Gasteiger partial charge in [-0.3, -0.25) is 4.79 Å². The van der Waals surface area contributed by atoms with Crippen LogP contribution in [0.25, 0.3) is 0 Å². The second kappa shape index (κ2) is 5.10. The summed E-state index contributed by atoms with van der Waals surface area (Å²) in [7, 11) is -3.21. The van der Waals surface area contributed by atoms with Crippen molar-refractivity contribution in [1.82, 2.24) is 0 Å². The first-order chi connectivity index (χ1) is 9.85. The molecule has 2 aliphatic carbocycles. The van der Waals surface area contributed by atoms with Crippen LogP contribution in [0.15, 0.2) is 29.2 Å². The Morgan fingerprint density at radius 2 is 1.76 bits per heavy atom. The lowest BCUT2D eigenvalue weighted by molar-refractivity contribution is -0.114. The third kappa shape index (κ3) is 2.53. The lowest BCUT2D eigenvalue weighted by atomic mass is 9.88. The quantitative estimate of drug-likeness (QED) is 0.798. The Balaban J connectivity index is 1.91. The van der Waals surface area contributed by atoms with Crippen molar-refractivity contribution < 1.29 is 13.2 Å². The predicted octanol–water partition coefficient (Wildman–Crippen LogP) is 3.30. The van der Waals surface area contributed by atoms with Crippen LogP contribution in [-0.2, 0) is 20.0 Å². The zero-order chi connectivity index (χ0) is 15.3. The minimum absolute atomic E-state index is 0.279. The average molecular weight is 327 g/mol. The van der Waals surface area contributed by atoms with Gasteiger partial charge in [-0.2, -0.15) is 0 Å². The normalized spacial score (nSPS) is 29.5. The van der Waals surface area contributed by atoms with Gasteiger partial charge in [-0.15, -0.1) is 0 Å². The van der Waals surface area contributed by atoms with E-state index in [0.717, 1.165) is 12.0 Å². The standard InChI is InChI=1S/C16H19ClO3S/c1-21(19,20)13-8-6-12(7-9-13)16(15(17)18)10-14(16)11-4-2-3-5-11/h6-9,11,14H,2-5,10H2,1H3. The average Bonchev–Trinajstić information content (AvgIpc) is 2.96. The molecule has 0 spiro atoms. The van der Waals surface area contributed by atoms with E-state index in [0.29, 0.717) is 11.8 Å². The van der Waals surface area contributed by atoms with Gasteiger partial charge < -0.3 is 0 Å². The first-order valence-electron chi connectivity index (χ1n) is 7.36. The van der Waals surface area contributed by atoms with Crippen LogP contribution >= 0.6 is 11.6 Å². The van der Waals surface area contributed by atoms with Gasteiger partial charge in [-0.1, -0.05) is 37.8 Å². The zero-order valence-electron chi connectivity index (χ0n) is 12.0. The van der Waals surface area contributed by atoms with Crippen LogP contribution in [0.5, 0.6) is 0 Å². The van der Waals surface area contributed by atoms with Crippen molar-refractivity contribution in [1.29, 1.82) is 0 Å². The molecule has 0 N–H and O–H groups in total. The van der Waals surface area contributed by atoms with E-state index < -0.39 is 15.3 Å². The first-order valence-corrected chi connectivity index (χ1v) is 9.63. The molecule has 0 amide bonds. The molecule has 0 heterocycles. The van der Waals surface area contributed by atoms with Gasteiger partial charge in [0.15, 0.2) is 9.84 Å². The molecular weight excluding hydrogens is 308 g/mol. The highest BCUT2D eigenvalue weighted by Gasteiger charge is 2.62. The van der Waals surface area contributed by atoms with E-state index in [-0.39, 0.29) is 10.1 Å². The monoisotopic (exact) mass is 326 g/mol. The van der Waals surface area contributed by atoms with Gasteiger partial charge in [-0.05, 0) is 47.6 Å². The van der Waals surface area contributed by atoms with E-state index in [1.165, 1.54) is 31.9 Å². The van der Waals surface area contributed by atoms with Crippen LogP contribution in [0.1, 0.15) is 37.7 Å². The molecule has 0 saturated heterocycles. The Labute approximate surface area is 130 Å². The Morgan fingerprint density at radius 1 is 1.19 bits per heavy atom. The summed E-state index contributed by atoms with van der Waals surface area (Å²) in [6, 6.07) is 6.67. The number of hydrogen-bond donors (Lipinski definition) is 0. The molecule has 2 fully saturated rings. The summed E-state index contributed by atoms with van der Waals surface area (Å²) < 4.78 is 23.0. The van der Waals surface area contributed by atoms with Crippen LogP contribution in [0.2, 0.25) is 0 Å². The maximum Gasteiger partial charge on any atom is 0.232 e. The van der Waals surface area contributed by atoms with Crippen LogP contribution < -0.4 is 0 Å². The molecule has 2 unspecified atom stereocenters. The van der Waals surface area contributed by atoms with Gasteiger partial charge in [0.1, 0.15) is 0 Å². The molecule has 3 nitrogen and oxygen atoms in total. The van der Waals surface area contributed by atoms with Crippen LogP contribution in [0, 0.1) is 11.8 Å². The van der Waals surface area contributed by atoms with Crippen LogP contribution in [0.4, 0.5) is 0 Å². The second-order valence-electron chi connectivity index (χ2n) is 6.40. The van der Waals surface area contributed by atoms with Gasteiger partial charge in [0, 0.05) is 6.26 Å². The highest BCUT2D eigenvalue weighted by atomic mass is 35.5. The number of carbonyl (C=O) groups is 1. The SMILES string of the molecule is CS(=O)(=O)c1ccc(C2(C(=O)Cl)CC2C2CCCC2)cc1. The van der Waals surface area contributed by atoms with E-state index in [1.54, 1.807) is 24.3 Å². The maximum atomic E-state index is 12.0. The number of benzene rings is 1. The predicted molar refractivity (Wildman–Crippen MR) is 82.2 cm³/mol. The van der Waals surface area contributed by atoms with Gasteiger partial charge in [-0.25, -0.2) is 8.42 Å². The summed E-state index contributed by atoms with van der Waals surface area (Å²) in [6.45, 7) is 0. The maximum absolute atomic E-state index is 12.0. The number of hydrogen-bond acceptors (Lipinski definition) is 3. The Kier molecular flexibility index (Phi) is 3.65. The highest BCUT2D eigenvalue weighted by molar-refractivity contribution is 7.90. The fraction of sp³-hybridized carbons (Fsp3) is 0.562. The van der Waals surface area contributed by atoms with Crippen LogP contribution in [-0.4, -0.2) is 19.9 Å². The first kappa shape index (κ1) is 15.0. The molecule has 21 heavy (non-hydrogen) atoms. The zero-order valence-corrected chi connectivity index (χ0v) is 13.6. The smallest absolute Gasteiger partial charge is 0.232 e. The van der Waals surface area contributed by atoms with Crippen molar-refractivity contribution in [2.75, 3.05) is 6.26 Å². The van der Waals surface area contributed by atoms with Crippen LogP contribution in [0.3, 0.4) is 0 Å². The number of rotatable bonds is 4. The molecule has 114 valence electrons. The van der Waals surface area contributed by atoms with Crippen molar-refractivity contribution in [3.63, 3.8) is 0 Å². The Hall–Kier alpha value is -0.870. The molecule has 2 saturated carbocycles. The molecule has 0 aromatic heterocycles. The van der Waals surface area contributed by atoms with Crippen molar-refractivity contribution in [3.8, 4) is 0 Å². The summed E-state index contributed by atoms with van der Waals surface area (Å²) in [5.74, 6) is 0.913. The van der Waals surface area contributed by atoms with E-state index >= 15 is 0 Å². The van der Waals surface area contributed by atoms with Gasteiger partial charge in [0.05, 0.1) is 10.3 Å². The number of sulfone groups is 1. The van der Waals surface area contributed by atoms with E-state index in [1.807, 2.05) is 0 Å². The van der Waals surface area contributed by atoms with E-state index in [9.17, 15) is 13.2 Å². The van der Waals surface area contributed by atoms with Gasteiger partial charge >= 0.3 is 0 Å². The largest absolute Gasteiger partial charge is 0.280 e. The fourth-order valence-electron chi connectivity index (χ4n) is 3.89. The van der Waals surface area contributed by atoms with E-state index in [4.69, 9.17) is 11.6 Å². The highest BCUT2D eigenvalue weighted by Crippen LogP contribution is 2.62. The number of halogens is 1. The molecule has 1 aromatic rings. The summed E-state index contributed by atoms with van der Waals surface area (Å²) >= 11 is 5.91. The molecular formula is C16H19ClO3S. The molecule has 1 aromatic carbocycles. The second-order valence-corrected chi connectivity index (χ2v) is 8.76. The minimum Gasteiger partial charge on any atom is -0.280 e. The van der Waals surface area contributed by atoms with Crippen molar-refractivity contribution in [2.24, 2.45) is 11.8 Å². The summed E-state index contributed by atoms with van der Waals surface area (Å²) in [5, 5.41) is -0.300. The van der Waals surface area contributed by atoms with Gasteiger partial charge in [0.25, 0.3) is 0 Å². The fourth-order valence-corrected chi connectivity index (χ4v) is 4.84. The summed E-state index contributed by atoms with van der Waals surface area (Å²) in [6.07, 6.45) is 6.82. The summed E-state index contributed by atoms with van der Waals surface area (Å²) in [5.41, 5.74) is 0.291. The van der Waals surface area contributed by atoms with Crippen molar-refractivity contribution in [2.45, 2.75) is 42.4 Å². The molecule has 0 radical (unpaired) electrons. The minimum atomic E-state index is -3.21. The molecule has 5 heteroatoms. The van der Waals surface area contributed by atoms with E-state index in [2.05, 4.69) is 0 Å². The molecule has 2 aliphatic rings. The molecule has 0 bridgehead atoms. The lowest BCUT2D eigenvalue weighted by Crippen LogP contribution is -2.21. The van der Waals surface area contributed by atoms with Crippen molar-refractivity contribution in [3.05, 3.63) is 29.8 Å². The Morgan fingerprint density at radius 3 is 2.24 bits per heavy atom. The van der Waals surface area contributed by atoms with Gasteiger partial charge in [0.2, 0.25) is 5.24 Å². The van der Waals surface area contributed by atoms with Crippen molar-refractivity contribution >= 4 is 26.7 Å². The number of carbonyl (C=O) groups excluding carboxylic acids is 1. The lowest BCUT2D eigenvalue weighted by Gasteiger charge is -2.17. The molecule has 3 rings (SSSR count).